The second kappa shape index (κ2) is 8.06. The molecule has 8 heteroatoms. The number of nitrogens with zero attached hydrogens (tertiary/aromatic N) is 1. The van der Waals surface area contributed by atoms with Gasteiger partial charge in [-0.15, -0.1) is 0 Å². The average molecular weight is 312 g/mol. The Morgan fingerprint density at radius 3 is 2.68 bits per heavy atom. The molecule has 1 aromatic rings. The van der Waals surface area contributed by atoms with Gasteiger partial charge in [0.2, 0.25) is 0 Å². The van der Waals surface area contributed by atoms with Crippen LogP contribution in [0.4, 0.5) is 10.1 Å². The van der Waals surface area contributed by atoms with E-state index in [9.17, 15) is 24.1 Å². The number of benzene rings is 1. The fourth-order valence-corrected chi connectivity index (χ4v) is 1.62. The lowest BCUT2D eigenvalue weighted by molar-refractivity contribution is -0.385. The van der Waals surface area contributed by atoms with Crippen LogP contribution in [0, 0.1) is 22.9 Å². The Morgan fingerprint density at radius 2 is 2.09 bits per heavy atom. The van der Waals surface area contributed by atoms with E-state index < -0.39 is 28.3 Å². The molecule has 0 aliphatic rings. The molecule has 0 aliphatic carbocycles. The summed E-state index contributed by atoms with van der Waals surface area (Å²) in [5.74, 6) is -2.26. The maximum absolute atomic E-state index is 13.6. The number of ether oxygens (including phenoxy) is 1. The molecule has 0 unspecified atom stereocenters. The van der Waals surface area contributed by atoms with Crippen LogP contribution < -0.4 is 5.32 Å². The first-order chi connectivity index (χ1) is 10.4. The number of esters is 1. The average Bonchev–Trinajstić information content (AvgIpc) is 2.47. The molecule has 120 valence electrons. The zero-order chi connectivity index (χ0) is 16.7. The molecule has 1 N–H and O–H groups in total. The van der Waals surface area contributed by atoms with E-state index in [4.69, 9.17) is 4.74 Å². The zero-order valence-corrected chi connectivity index (χ0v) is 12.3. The quantitative estimate of drug-likeness (QED) is 0.360. The fourth-order valence-electron chi connectivity index (χ4n) is 1.62. The Morgan fingerprint density at radius 1 is 1.41 bits per heavy atom. The minimum absolute atomic E-state index is 0.152. The molecule has 1 rings (SSSR count). The van der Waals surface area contributed by atoms with Crippen molar-refractivity contribution < 1.29 is 23.6 Å². The van der Waals surface area contributed by atoms with Crippen molar-refractivity contribution in [3.63, 3.8) is 0 Å². The normalized spacial score (nSPS) is 10.1. The smallest absolute Gasteiger partial charge is 0.325 e. The highest BCUT2D eigenvalue weighted by molar-refractivity contribution is 5.96. The number of halogens is 1. The lowest BCUT2D eigenvalue weighted by atomic mass is 10.1. The number of amides is 1. The molecule has 0 fully saturated rings. The minimum atomic E-state index is -0.857. The molecular weight excluding hydrogens is 295 g/mol. The number of rotatable bonds is 7. The standard InChI is InChI=1S/C14H17FN2O5/c1-3-4-5-22-13(18)8-16-14(19)10-6-11(15)9(2)12(7-10)17(20)21/h6-7H,3-5,8H2,1-2H3,(H,16,19). The number of nitro benzene ring substituents is 1. The van der Waals surface area contributed by atoms with E-state index in [0.29, 0.717) is 0 Å². The molecule has 0 aromatic heterocycles. The van der Waals surface area contributed by atoms with Gasteiger partial charge in [-0.05, 0) is 19.4 Å². The molecule has 0 heterocycles. The van der Waals surface area contributed by atoms with Crippen LogP contribution >= 0.6 is 0 Å². The minimum Gasteiger partial charge on any atom is -0.464 e. The summed E-state index contributed by atoms with van der Waals surface area (Å²) in [4.78, 5) is 33.2. The van der Waals surface area contributed by atoms with Crippen LogP contribution in [0.5, 0.6) is 0 Å². The molecular formula is C14H17FN2O5. The van der Waals surface area contributed by atoms with Crippen LogP contribution in [0.2, 0.25) is 0 Å². The van der Waals surface area contributed by atoms with Crippen molar-refractivity contribution in [2.75, 3.05) is 13.2 Å². The van der Waals surface area contributed by atoms with E-state index in [-0.39, 0.29) is 24.3 Å². The molecule has 1 aromatic carbocycles. The van der Waals surface area contributed by atoms with Gasteiger partial charge in [-0.25, -0.2) is 4.39 Å². The molecule has 1 amide bonds. The lowest BCUT2D eigenvalue weighted by Gasteiger charge is -2.07. The highest BCUT2D eigenvalue weighted by Gasteiger charge is 2.19. The van der Waals surface area contributed by atoms with Gasteiger partial charge >= 0.3 is 5.97 Å². The Kier molecular flexibility index (Phi) is 6.43. The first-order valence-corrected chi connectivity index (χ1v) is 6.75. The summed E-state index contributed by atoms with van der Waals surface area (Å²) >= 11 is 0. The maximum atomic E-state index is 13.6. The Bertz CT molecular complexity index is 589. The van der Waals surface area contributed by atoms with Crippen LogP contribution in [0.15, 0.2) is 12.1 Å². The number of unbranched alkanes of at least 4 members (excludes halogenated alkanes) is 1. The summed E-state index contributed by atoms with van der Waals surface area (Å²) in [5.41, 5.74) is -0.868. The van der Waals surface area contributed by atoms with Crippen molar-refractivity contribution >= 4 is 17.6 Å². The molecule has 0 radical (unpaired) electrons. The first kappa shape index (κ1) is 17.5. The van der Waals surface area contributed by atoms with E-state index >= 15 is 0 Å². The van der Waals surface area contributed by atoms with Crippen molar-refractivity contribution in [3.05, 3.63) is 39.2 Å². The van der Waals surface area contributed by atoms with Crippen LogP contribution in [0.25, 0.3) is 0 Å². The van der Waals surface area contributed by atoms with Crippen LogP contribution in [-0.4, -0.2) is 30.0 Å². The van der Waals surface area contributed by atoms with Gasteiger partial charge in [-0.1, -0.05) is 13.3 Å². The second-order valence-electron chi connectivity index (χ2n) is 4.62. The molecule has 0 saturated heterocycles. The Labute approximate surface area is 126 Å². The Hall–Kier alpha value is -2.51. The third-order valence-corrected chi connectivity index (χ3v) is 2.93. The van der Waals surface area contributed by atoms with E-state index in [0.717, 1.165) is 25.0 Å². The Balaban J connectivity index is 2.70. The highest BCUT2D eigenvalue weighted by atomic mass is 19.1. The zero-order valence-electron chi connectivity index (χ0n) is 12.3. The second-order valence-corrected chi connectivity index (χ2v) is 4.62. The summed E-state index contributed by atoms with van der Waals surface area (Å²) in [5, 5.41) is 13.0. The number of nitro groups is 1. The van der Waals surface area contributed by atoms with E-state index in [2.05, 4.69) is 5.32 Å². The summed E-state index contributed by atoms with van der Waals surface area (Å²) < 4.78 is 18.4. The van der Waals surface area contributed by atoms with Gasteiger partial charge in [0.1, 0.15) is 12.4 Å². The molecule has 0 spiro atoms. The van der Waals surface area contributed by atoms with Gasteiger partial charge in [0.15, 0.2) is 0 Å². The molecule has 0 bridgehead atoms. The monoisotopic (exact) mass is 312 g/mol. The topological polar surface area (TPSA) is 98.5 Å². The van der Waals surface area contributed by atoms with Crippen LogP contribution in [-0.2, 0) is 9.53 Å². The number of carbonyl (C=O) groups is 2. The predicted molar refractivity (Wildman–Crippen MR) is 76.0 cm³/mol. The van der Waals surface area contributed by atoms with Crippen molar-refractivity contribution in [2.24, 2.45) is 0 Å². The number of hydrogen-bond acceptors (Lipinski definition) is 5. The van der Waals surface area contributed by atoms with Crippen molar-refractivity contribution in [3.8, 4) is 0 Å². The van der Waals surface area contributed by atoms with E-state index in [1.165, 1.54) is 6.92 Å². The van der Waals surface area contributed by atoms with Gasteiger partial charge in [0, 0.05) is 11.6 Å². The van der Waals surface area contributed by atoms with E-state index in [1.54, 1.807) is 0 Å². The van der Waals surface area contributed by atoms with Crippen molar-refractivity contribution in [2.45, 2.75) is 26.7 Å². The summed E-state index contributed by atoms with van der Waals surface area (Å²) in [6.45, 7) is 3.07. The van der Waals surface area contributed by atoms with Gasteiger partial charge < -0.3 is 10.1 Å². The summed E-state index contributed by atoms with van der Waals surface area (Å²) in [6, 6.07) is 1.86. The molecule has 0 atom stereocenters. The van der Waals surface area contributed by atoms with Gasteiger partial charge in [-0.2, -0.15) is 0 Å². The molecule has 0 saturated carbocycles. The van der Waals surface area contributed by atoms with Crippen molar-refractivity contribution in [1.29, 1.82) is 0 Å². The number of nitrogens with one attached hydrogen (secondary N) is 1. The van der Waals surface area contributed by atoms with Crippen LogP contribution in [0.1, 0.15) is 35.7 Å². The van der Waals surface area contributed by atoms with Gasteiger partial charge in [-0.3, -0.25) is 19.7 Å². The largest absolute Gasteiger partial charge is 0.464 e. The maximum Gasteiger partial charge on any atom is 0.325 e. The highest BCUT2D eigenvalue weighted by Crippen LogP contribution is 2.22. The number of carbonyl (C=O) groups excluding carboxylic acids is 2. The van der Waals surface area contributed by atoms with Crippen molar-refractivity contribution in [1.82, 2.24) is 5.32 Å². The van der Waals surface area contributed by atoms with Gasteiger partial charge in [0.25, 0.3) is 11.6 Å². The van der Waals surface area contributed by atoms with E-state index in [1.807, 2.05) is 6.92 Å². The molecule has 0 aliphatic heterocycles. The summed E-state index contributed by atoms with van der Waals surface area (Å²) in [7, 11) is 0. The van der Waals surface area contributed by atoms with Gasteiger partial charge in [0.05, 0.1) is 17.1 Å². The summed E-state index contributed by atoms with van der Waals surface area (Å²) in [6.07, 6.45) is 1.58. The molecule has 7 nitrogen and oxygen atoms in total. The lowest BCUT2D eigenvalue weighted by Crippen LogP contribution is -2.31. The fraction of sp³-hybridized carbons (Fsp3) is 0.429. The number of hydrogen-bond donors (Lipinski definition) is 1. The third kappa shape index (κ3) is 4.80. The molecule has 22 heavy (non-hydrogen) atoms. The predicted octanol–water partition coefficient (Wildman–Crippen LogP) is 2.12. The van der Waals surface area contributed by atoms with Crippen LogP contribution in [0.3, 0.4) is 0 Å². The SMILES string of the molecule is CCCCOC(=O)CNC(=O)c1cc(F)c(C)c([N+](=O)[O-])c1. The first-order valence-electron chi connectivity index (χ1n) is 6.75. The third-order valence-electron chi connectivity index (χ3n) is 2.93.